The molecule has 5 nitrogen and oxygen atoms in total. The van der Waals surface area contributed by atoms with Crippen LogP contribution < -0.4 is 16.0 Å². The van der Waals surface area contributed by atoms with Crippen molar-refractivity contribution in [1.82, 2.24) is 20.2 Å². The number of fused-ring (bicyclic) bond motifs is 1. The molecule has 1 aliphatic rings. The first-order valence-electron chi connectivity index (χ1n) is 8.95. The van der Waals surface area contributed by atoms with Crippen LogP contribution in [0.5, 0.6) is 0 Å². The van der Waals surface area contributed by atoms with Crippen LogP contribution in [0.3, 0.4) is 0 Å². The van der Waals surface area contributed by atoms with Gasteiger partial charge < -0.3 is 20.5 Å². The largest absolute Gasteiger partial charge is 0.416 e. The van der Waals surface area contributed by atoms with Crippen LogP contribution >= 0.6 is 0 Å². The molecule has 0 saturated carbocycles. The first-order valence-corrected chi connectivity index (χ1v) is 8.95. The molecule has 0 radical (unpaired) electrons. The molecule has 3 rings (SSSR count). The molecule has 0 aliphatic carbocycles. The highest BCUT2D eigenvalue weighted by atomic mass is 19.4. The fraction of sp³-hybridized carbons (Fsp3) is 0.421. The Morgan fingerprint density at radius 1 is 1.19 bits per heavy atom. The topological polar surface area (TPSA) is 53.9 Å². The molecular weight excluding hydrogens is 355 g/mol. The van der Waals surface area contributed by atoms with Crippen LogP contribution in [0.2, 0.25) is 0 Å². The number of hydrogen-bond donors (Lipinski definition) is 3. The average Bonchev–Trinajstić information content (AvgIpc) is 2.92. The summed E-state index contributed by atoms with van der Waals surface area (Å²) >= 11 is 0. The number of alkyl halides is 3. The van der Waals surface area contributed by atoms with Crippen LogP contribution in [-0.4, -0.2) is 29.2 Å². The minimum absolute atomic E-state index is 0.470. The van der Waals surface area contributed by atoms with Gasteiger partial charge in [0, 0.05) is 43.6 Å². The van der Waals surface area contributed by atoms with Crippen LogP contribution in [0.4, 0.5) is 18.9 Å². The van der Waals surface area contributed by atoms with E-state index in [2.05, 4.69) is 31.7 Å². The van der Waals surface area contributed by atoms with E-state index in [0.717, 1.165) is 48.9 Å². The second kappa shape index (κ2) is 8.04. The second-order valence-electron chi connectivity index (χ2n) is 6.60. The Bertz CT molecular complexity index is 823. The van der Waals surface area contributed by atoms with E-state index in [1.54, 1.807) is 6.07 Å². The lowest BCUT2D eigenvalue weighted by molar-refractivity contribution is -0.137. The summed E-state index contributed by atoms with van der Waals surface area (Å²) in [6.45, 7) is 6.77. The van der Waals surface area contributed by atoms with E-state index in [9.17, 15) is 13.2 Å². The average molecular weight is 379 g/mol. The number of allylic oxidation sites excluding steroid dienone is 1. The molecule has 1 aromatic carbocycles. The summed E-state index contributed by atoms with van der Waals surface area (Å²) in [7, 11) is 0. The number of rotatable bonds is 7. The maximum atomic E-state index is 12.7. The molecule has 1 aromatic heterocycles. The summed E-state index contributed by atoms with van der Waals surface area (Å²) in [5.74, 6) is 1.02. The summed E-state index contributed by atoms with van der Waals surface area (Å²) in [4.78, 5) is 4.64. The molecule has 0 saturated heterocycles. The molecule has 0 bridgehead atoms. The lowest BCUT2D eigenvalue weighted by Crippen LogP contribution is -2.25. The smallest absolute Gasteiger partial charge is 0.384 e. The van der Waals surface area contributed by atoms with Gasteiger partial charge in [0.2, 0.25) is 0 Å². The van der Waals surface area contributed by atoms with Crippen molar-refractivity contribution < 1.29 is 13.2 Å². The fourth-order valence-corrected chi connectivity index (χ4v) is 3.07. The highest BCUT2D eigenvalue weighted by Crippen LogP contribution is 2.30. The summed E-state index contributed by atoms with van der Waals surface area (Å²) in [6, 6.07) is 5.24. The molecule has 0 fully saturated rings. The molecule has 27 heavy (non-hydrogen) atoms. The first kappa shape index (κ1) is 19.3. The van der Waals surface area contributed by atoms with Crippen molar-refractivity contribution in [3.8, 4) is 0 Å². The third kappa shape index (κ3) is 4.82. The van der Waals surface area contributed by atoms with Gasteiger partial charge in [0.25, 0.3) is 0 Å². The Morgan fingerprint density at radius 3 is 2.78 bits per heavy atom. The second-order valence-corrected chi connectivity index (χ2v) is 6.60. The van der Waals surface area contributed by atoms with Gasteiger partial charge in [-0.05, 0) is 32.0 Å². The molecule has 0 atom stereocenters. The predicted molar refractivity (Wildman–Crippen MR) is 100 cm³/mol. The number of anilines is 1. The maximum Gasteiger partial charge on any atom is 0.416 e. The predicted octanol–water partition coefficient (Wildman–Crippen LogP) is 3.38. The number of halogens is 3. The van der Waals surface area contributed by atoms with Gasteiger partial charge in [-0.3, -0.25) is 0 Å². The molecule has 1 aliphatic heterocycles. The van der Waals surface area contributed by atoms with Crippen LogP contribution in [0.15, 0.2) is 30.0 Å². The van der Waals surface area contributed by atoms with Crippen molar-refractivity contribution in [3.63, 3.8) is 0 Å². The minimum Gasteiger partial charge on any atom is -0.384 e. The van der Waals surface area contributed by atoms with E-state index in [-0.39, 0.29) is 0 Å². The van der Waals surface area contributed by atoms with E-state index in [0.29, 0.717) is 18.8 Å². The first-order chi connectivity index (χ1) is 12.8. The zero-order valence-corrected chi connectivity index (χ0v) is 15.5. The molecule has 2 aromatic rings. The molecule has 3 N–H and O–H groups in total. The number of aromatic nitrogens is 2. The lowest BCUT2D eigenvalue weighted by Gasteiger charge is -2.17. The Labute approximate surface area is 156 Å². The number of aryl methyl sites for hydroxylation is 1. The number of nitrogens with zero attached hydrogens (tertiary/aromatic N) is 2. The monoisotopic (exact) mass is 379 g/mol. The van der Waals surface area contributed by atoms with Gasteiger partial charge >= 0.3 is 6.18 Å². The van der Waals surface area contributed by atoms with Crippen molar-refractivity contribution in [1.29, 1.82) is 0 Å². The molecule has 146 valence electrons. The molecule has 0 spiro atoms. The van der Waals surface area contributed by atoms with Crippen molar-refractivity contribution in [2.45, 2.75) is 33.0 Å². The summed E-state index contributed by atoms with van der Waals surface area (Å²) < 4.78 is 40.3. The van der Waals surface area contributed by atoms with E-state index in [4.69, 9.17) is 0 Å². The standard InChI is InChI=1S/C19H24F3N5/c1-13-12-27-17(11-25-13)14(2)26-18(27)6-7-23-8-9-24-16-5-3-4-15(10-16)19(20,21)22/h3-5,10,12,23-25H,6-9,11H2,1-2H3. The minimum atomic E-state index is -4.32. The summed E-state index contributed by atoms with van der Waals surface area (Å²) in [5, 5.41) is 9.63. The number of imidazole rings is 1. The molecule has 8 heteroatoms. The fourth-order valence-electron chi connectivity index (χ4n) is 3.07. The Hall–Kier alpha value is -2.48. The van der Waals surface area contributed by atoms with E-state index in [1.165, 1.54) is 11.8 Å². The number of nitrogens with one attached hydrogen (secondary N) is 3. The van der Waals surface area contributed by atoms with Crippen LogP contribution in [0.1, 0.15) is 29.7 Å². The van der Waals surface area contributed by atoms with Crippen LogP contribution in [-0.2, 0) is 19.1 Å². The lowest BCUT2D eigenvalue weighted by atomic mass is 10.2. The molecule has 0 unspecified atom stereocenters. The zero-order chi connectivity index (χ0) is 19.4. The molecule has 2 heterocycles. The van der Waals surface area contributed by atoms with E-state index < -0.39 is 11.7 Å². The normalized spacial score (nSPS) is 13.7. The Kier molecular flexibility index (Phi) is 5.74. The zero-order valence-electron chi connectivity index (χ0n) is 15.5. The SMILES string of the molecule is CC1=Cn2c(CCNCCNc3cccc(C(F)(F)F)c3)nc(C)c2CN1. The van der Waals surface area contributed by atoms with Gasteiger partial charge in [0.05, 0.1) is 23.5 Å². The molecule has 0 amide bonds. The van der Waals surface area contributed by atoms with Crippen LogP contribution in [0.25, 0.3) is 6.20 Å². The van der Waals surface area contributed by atoms with Crippen molar-refractivity contribution >= 4 is 11.9 Å². The third-order valence-electron chi connectivity index (χ3n) is 4.49. The Morgan fingerprint density at radius 2 is 2.00 bits per heavy atom. The van der Waals surface area contributed by atoms with E-state index in [1.807, 2.05) is 13.8 Å². The molecular formula is C19H24F3N5. The van der Waals surface area contributed by atoms with E-state index >= 15 is 0 Å². The summed E-state index contributed by atoms with van der Waals surface area (Å²) in [5.41, 5.74) is 3.16. The maximum absolute atomic E-state index is 12.7. The highest BCUT2D eigenvalue weighted by molar-refractivity contribution is 5.46. The highest BCUT2D eigenvalue weighted by Gasteiger charge is 2.30. The third-order valence-corrected chi connectivity index (χ3v) is 4.49. The number of benzene rings is 1. The van der Waals surface area contributed by atoms with Gasteiger partial charge in [-0.25, -0.2) is 4.98 Å². The van der Waals surface area contributed by atoms with Gasteiger partial charge in [-0.1, -0.05) is 6.07 Å². The van der Waals surface area contributed by atoms with Crippen molar-refractivity contribution in [3.05, 3.63) is 52.7 Å². The van der Waals surface area contributed by atoms with Gasteiger partial charge in [-0.15, -0.1) is 0 Å². The number of hydrogen-bond acceptors (Lipinski definition) is 4. The van der Waals surface area contributed by atoms with Crippen LogP contribution in [0, 0.1) is 6.92 Å². The summed E-state index contributed by atoms with van der Waals surface area (Å²) in [6.07, 6.45) is -1.47. The quantitative estimate of drug-likeness (QED) is 0.646. The van der Waals surface area contributed by atoms with Gasteiger partial charge in [0.1, 0.15) is 5.82 Å². The Balaban J connectivity index is 1.44. The van der Waals surface area contributed by atoms with Crippen molar-refractivity contribution in [2.24, 2.45) is 0 Å². The van der Waals surface area contributed by atoms with Gasteiger partial charge in [-0.2, -0.15) is 13.2 Å². The van der Waals surface area contributed by atoms with Gasteiger partial charge in [0.15, 0.2) is 0 Å². The van der Waals surface area contributed by atoms with Crippen molar-refractivity contribution in [2.75, 3.05) is 25.0 Å².